The van der Waals surface area contributed by atoms with Gasteiger partial charge in [0.1, 0.15) is 12.2 Å². The summed E-state index contributed by atoms with van der Waals surface area (Å²) < 4.78 is 2.95. The van der Waals surface area contributed by atoms with Gasteiger partial charge in [0.15, 0.2) is 0 Å². The Morgan fingerprint density at radius 2 is 2.19 bits per heavy atom. The minimum Gasteiger partial charge on any atom is -0.310 e. The second-order valence-corrected chi connectivity index (χ2v) is 6.19. The van der Waals surface area contributed by atoms with Crippen molar-refractivity contribution in [3.05, 3.63) is 45.4 Å². The number of hydrogen-bond donors (Lipinski definition) is 1. The summed E-state index contributed by atoms with van der Waals surface area (Å²) in [6.07, 6.45) is 3.45. The molecule has 21 heavy (non-hydrogen) atoms. The molecule has 6 heteroatoms. The summed E-state index contributed by atoms with van der Waals surface area (Å²) in [5.41, 5.74) is 1.09. The maximum atomic E-state index is 6.38. The molecule has 114 valence electrons. The molecule has 1 aromatic carbocycles. The Hall–Kier alpha value is -0.910. The molecule has 0 aliphatic rings. The van der Waals surface area contributed by atoms with Crippen LogP contribution in [0.4, 0.5) is 0 Å². The topological polar surface area (TPSA) is 42.7 Å². The van der Waals surface area contributed by atoms with E-state index in [9.17, 15) is 0 Å². The van der Waals surface area contributed by atoms with E-state index >= 15 is 0 Å². The van der Waals surface area contributed by atoms with E-state index in [0.29, 0.717) is 0 Å². The van der Waals surface area contributed by atoms with Crippen LogP contribution in [0.2, 0.25) is 5.02 Å². The maximum absolute atomic E-state index is 6.38. The average molecular weight is 372 g/mol. The van der Waals surface area contributed by atoms with E-state index in [0.717, 1.165) is 46.8 Å². The van der Waals surface area contributed by atoms with Crippen LogP contribution in [0.1, 0.15) is 37.7 Å². The predicted octanol–water partition coefficient (Wildman–Crippen LogP) is 4.00. The van der Waals surface area contributed by atoms with Crippen molar-refractivity contribution in [1.29, 1.82) is 0 Å². The van der Waals surface area contributed by atoms with E-state index in [1.807, 2.05) is 16.8 Å². The third-order valence-electron chi connectivity index (χ3n) is 3.36. The summed E-state index contributed by atoms with van der Waals surface area (Å²) in [6, 6.07) is 6.08. The second kappa shape index (κ2) is 7.92. The number of hydrogen-bond acceptors (Lipinski definition) is 3. The van der Waals surface area contributed by atoms with E-state index in [4.69, 9.17) is 11.6 Å². The fraction of sp³-hybridized carbons (Fsp3) is 0.467. The lowest BCUT2D eigenvalue weighted by atomic mass is 10.0. The first-order valence-corrected chi connectivity index (χ1v) is 8.37. The highest BCUT2D eigenvalue weighted by Gasteiger charge is 2.18. The Morgan fingerprint density at radius 1 is 1.38 bits per heavy atom. The maximum Gasteiger partial charge on any atom is 0.138 e. The van der Waals surface area contributed by atoms with Gasteiger partial charge in [-0.25, -0.2) is 4.98 Å². The highest BCUT2D eigenvalue weighted by Crippen LogP contribution is 2.28. The van der Waals surface area contributed by atoms with E-state index < -0.39 is 0 Å². The van der Waals surface area contributed by atoms with Crippen LogP contribution in [0.15, 0.2) is 29.0 Å². The quantitative estimate of drug-likeness (QED) is 0.800. The summed E-state index contributed by atoms with van der Waals surface area (Å²) in [7, 11) is 0. The van der Waals surface area contributed by atoms with Crippen LogP contribution in [0, 0.1) is 0 Å². The van der Waals surface area contributed by atoms with E-state index in [1.165, 1.54) is 0 Å². The van der Waals surface area contributed by atoms with Crippen LogP contribution >= 0.6 is 27.5 Å². The van der Waals surface area contributed by atoms with Gasteiger partial charge < -0.3 is 5.32 Å². The van der Waals surface area contributed by atoms with Gasteiger partial charge in [-0.2, -0.15) is 5.10 Å². The molecule has 0 saturated heterocycles. The molecule has 2 aromatic rings. The van der Waals surface area contributed by atoms with Crippen molar-refractivity contribution < 1.29 is 0 Å². The van der Waals surface area contributed by atoms with Gasteiger partial charge in [0.25, 0.3) is 0 Å². The first-order chi connectivity index (χ1) is 10.2. The van der Waals surface area contributed by atoms with Crippen molar-refractivity contribution in [2.75, 3.05) is 6.54 Å². The van der Waals surface area contributed by atoms with Gasteiger partial charge in [-0.15, -0.1) is 0 Å². The van der Waals surface area contributed by atoms with Crippen LogP contribution in [0.3, 0.4) is 0 Å². The first kappa shape index (κ1) is 16.5. The van der Waals surface area contributed by atoms with Crippen LogP contribution in [0.25, 0.3) is 0 Å². The third kappa shape index (κ3) is 4.28. The number of halogens is 2. The van der Waals surface area contributed by atoms with Crippen molar-refractivity contribution in [2.24, 2.45) is 0 Å². The van der Waals surface area contributed by atoms with Crippen molar-refractivity contribution in [3.8, 4) is 0 Å². The van der Waals surface area contributed by atoms with Gasteiger partial charge in [-0.05, 0) is 43.7 Å². The molecular weight excluding hydrogens is 352 g/mol. The lowest BCUT2D eigenvalue weighted by Gasteiger charge is -2.20. The molecule has 0 amide bonds. The number of benzene rings is 1. The number of aromatic nitrogens is 3. The van der Waals surface area contributed by atoms with Crippen LogP contribution < -0.4 is 5.32 Å². The summed E-state index contributed by atoms with van der Waals surface area (Å²) in [4.78, 5) is 4.37. The monoisotopic (exact) mass is 370 g/mol. The van der Waals surface area contributed by atoms with E-state index in [2.05, 4.69) is 51.2 Å². The van der Waals surface area contributed by atoms with E-state index in [-0.39, 0.29) is 6.04 Å². The molecule has 4 nitrogen and oxygen atoms in total. The first-order valence-electron chi connectivity index (χ1n) is 7.20. The minimum atomic E-state index is 0.129. The zero-order valence-corrected chi connectivity index (χ0v) is 14.7. The lowest BCUT2D eigenvalue weighted by molar-refractivity contribution is 0.497. The minimum absolute atomic E-state index is 0.129. The fourth-order valence-electron chi connectivity index (χ4n) is 2.29. The molecule has 1 unspecified atom stereocenters. The van der Waals surface area contributed by atoms with Crippen molar-refractivity contribution in [1.82, 2.24) is 20.1 Å². The molecule has 0 radical (unpaired) electrons. The van der Waals surface area contributed by atoms with E-state index in [1.54, 1.807) is 6.33 Å². The molecule has 1 atom stereocenters. The van der Waals surface area contributed by atoms with Crippen molar-refractivity contribution >= 4 is 27.5 Å². The van der Waals surface area contributed by atoms with Gasteiger partial charge in [0.2, 0.25) is 0 Å². The molecule has 0 fully saturated rings. The molecular formula is C15H20BrClN4. The number of nitrogens with zero attached hydrogens (tertiary/aromatic N) is 3. The predicted molar refractivity (Wildman–Crippen MR) is 89.6 cm³/mol. The Kier molecular flexibility index (Phi) is 6.21. The Morgan fingerprint density at radius 3 is 2.90 bits per heavy atom. The van der Waals surface area contributed by atoms with Crippen LogP contribution in [-0.4, -0.2) is 21.3 Å². The summed E-state index contributed by atoms with van der Waals surface area (Å²) >= 11 is 9.90. The highest BCUT2D eigenvalue weighted by atomic mass is 79.9. The summed E-state index contributed by atoms with van der Waals surface area (Å²) in [5, 5.41) is 8.57. The Labute approximate surface area is 139 Å². The van der Waals surface area contributed by atoms with Gasteiger partial charge in [0, 0.05) is 28.5 Å². The SMILES string of the molecule is CCCNC(Cc1ncnn1CC)c1cc(Br)ccc1Cl. The zero-order valence-electron chi connectivity index (χ0n) is 12.3. The summed E-state index contributed by atoms with van der Waals surface area (Å²) in [6.45, 7) is 5.98. The lowest BCUT2D eigenvalue weighted by Crippen LogP contribution is -2.25. The fourth-order valence-corrected chi connectivity index (χ4v) is 2.91. The third-order valence-corrected chi connectivity index (χ3v) is 4.19. The van der Waals surface area contributed by atoms with Crippen molar-refractivity contribution in [3.63, 3.8) is 0 Å². The van der Waals surface area contributed by atoms with Crippen LogP contribution in [0.5, 0.6) is 0 Å². The Balaban J connectivity index is 2.27. The zero-order chi connectivity index (χ0) is 15.2. The molecule has 0 spiro atoms. The summed E-state index contributed by atoms with van der Waals surface area (Å²) in [5.74, 6) is 0.974. The molecule has 0 aliphatic heterocycles. The van der Waals surface area contributed by atoms with Crippen LogP contribution in [-0.2, 0) is 13.0 Å². The molecule has 2 rings (SSSR count). The molecule has 0 bridgehead atoms. The highest BCUT2D eigenvalue weighted by molar-refractivity contribution is 9.10. The second-order valence-electron chi connectivity index (χ2n) is 4.87. The van der Waals surface area contributed by atoms with Gasteiger partial charge in [-0.3, -0.25) is 4.68 Å². The Bertz CT molecular complexity index is 585. The smallest absolute Gasteiger partial charge is 0.138 e. The molecule has 1 heterocycles. The standard InChI is InChI=1S/C15H20BrClN4/c1-3-7-18-14(9-15-19-10-20-21(15)4-2)12-8-11(16)5-6-13(12)17/h5-6,8,10,14,18H,3-4,7,9H2,1-2H3. The molecule has 1 N–H and O–H groups in total. The molecule has 0 aliphatic carbocycles. The van der Waals surface area contributed by atoms with Gasteiger partial charge >= 0.3 is 0 Å². The van der Waals surface area contributed by atoms with Gasteiger partial charge in [-0.1, -0.05) is 34.5 Å². The largest absolute Gasteiger partial charge is 0.310 e. The molecule has 0 saturated carbocycles. The average Bonchev–Trinajstić information content (AvgIpc) is 2.93. The van der Waals surface area contributed by atoms with Gasteiger partial charge in [0.05, 0.1) is 0 Å². The van der Waals surface area contributed by atoms with Crippen molar-refractivity contribution in [2.45, 2.75) is 39.3 Å². The number of nitrogens with one attached hydrogen (secondary N) is 1. The number of rotatable bonds is 7. The number of aryl methyl sites for hydroxylation is 1. The molecule has 1 aromatic heterocycles. The normalized spacial score (nSPS) is 12.6.